The van der Waals surface area contributed by atoms with E-state index in [2.05, 4.69) is 10.1 Å². The Morgan fingerprint density at radius 3 is 2.65 bits per heavy atom. The summed E-state index contributed by atoms with van der Waals surface area (Å²) in [7, 11) is 1.76. The van der Waals surface area contributed by atoms with E-state index in [9.17, 15) is 9.18 Å². The lowest BCUT2D eigenvalue weighted by Crippen LogP contribution is -2.28. The van der Waals surface area contributed by atoms with Gasteiger partial charge in [-0.1, -0.05) is 17.3 Å². The van der Waals surface area contributed by atoms with Gasteiger partial charge in [0.2, 0.25) is 5.91 Å². The maximum atomic E-state index is 13.0. The van der Waals surface area contributed by atoms with E-state index in [1.165, 1.54) is 23.5 Å². The van der Waals surface area contributed by atoms with Crippen LogP contribution in [0.4, 0.5) is 4.39 Å². The first-order valence-electron chi connectivity index (χ1n) is 8.26. The van der Waals surface area contributed by atoms with Crippen LogP contribution in [-0.2, 0) is 24.2 Å². The van der Waals surface area contributed by atoms with Crippen molar-refractivity contribution in [3.8, 4) is 0 Å². The Kier molecular flexibility index (Phi) is 5.46. The summed E-state index contributed by atoms with van der Waals surface area (Å²) >= 11 is 1.51. The molecule has 0 fully saturated rings. The Bertz CT molecular complexity index is 882. The normalized spacial score (nSPS) is 10.9. The second-order valence-corrected chi connectivity index (χ2v) is 7.21. The van der Waals surface area contributed by atoms with Crippen molar-refractivity contribution < 1.29 is 13.7 Å². The van der Waals surface area contributed by atoms with Gasteiger partial charge in [0.25, 0.3) is 0 Å². The fourth-order valence-electron chi connectivity index (χ4n) is 2.63. The molecule has 0 unspecified atom stereocenters. The van der Waals surface area contributed by atoms with Crippen molar-refractivity contribution in [1.29, 1.82) is 0 Å². The molecule has 0 aliphatic rings. The quantitative estimate of drug-likeness (QED) is 0.661. The first kappa shape index (κ1) is 18.3. The first-order chi connectivity index (χ1) is 12.4. The van der Waals surface area contributed by atoms with Gasteiger partial charge in [-0.2, -0.15) is 0 Å². The summed E-state index contributed by atoms with van der Waals surface area (Å²) in [6.07, 6.45) is 0.883. The number of halogens is 1. The molecule has 1 amide bonds. The van der Waals surface area contributed by atoms with Crippen LogP contribution >= 0.6 is 11.3 Å². The number of carbonyl (C=O) groups excluding carboxylic acids is 1. The van der Waals surface area contributed by atoms with Crippen LogP contribution in [0.1, 0.15) is 33.3 Å². The van der Waals surface area contributed by atoms with Crippen LogP contribution < -0.4 is 0 Å². The van der Waals surface area contributed by atoms with Gasteiger partial charge in [0.05, 0.1) is 29.4 Å². The molecule has 0 aliphatic heterocycles. The molecule has 136 valence electrons. The van der Waals surface area contributed by atoms with Gasteiger partial charge in [-0.15, -0.1) is 11.3 Å². The zero-order valence-corrected chi connectivity index (χ0v) is 15.8. The van der Waals surface area contributed by atoms with Crippen molar-refractivity contribution in [3.05, 3.63) is 68.7 Å². The summed E-state index contributed by atoms with van der Waals surface area (Å²) in [5.41, 5.74) is 3.49. The van der Waals surface area contributed by atoms with Crippen LogP contribution in [0.15, 0.2) is 34.2 Å². The predicted molar refractivity (Wildman–Crippen MR) is 97.5 cm³/mol. The van der Waals surface area contributed by atoms with Gasteiger partial charge in [0, 0.05) is 24.4 Å². The Morgan fingerprint density at radius 2 is 2.00 bits per heavy atom. The zero-order chi connectivity index (χ0) is 18.7. The Morgan fingerprint density at radius 1 is 1.27 bits per heavy atom. The van der Waals surface area contributed by atoms with Crippen molar-refractivity contribution in [2.45, 2.75) is 33.2 Å². The standard InChI is InChI=1S/C19H20FN3O2S/c1-12-17(13(2)25-22-12)10-23(3)19(24)9-16-11-26-18(21-16)8-14-4-6-15(20)7-5-14/h4-7,11H,8-10H2,1-3H3. The Labute approximate surface area is 155 Å². The molecule has 0 N–H and O–H groups in total. The van der Waals surface area contributed by atoms with E-state index in [0.717, 1.165) is 33.3 Å². The fourth-order valence-corrected chi connectivity index (χ4v) is 3.46. The minimum atomic E-state index is -0.250. The third-order valence-corrected chi connectivity index (χ3v) is 5.10. The van der Waals surface area contributed by atoms with Gasteiger partial charge in [-0.25, -0.2) is 9.37 Å². The first-order valence-corrected chi connectivity index (χ1v) is 9.13. The maximum Gasteiger partial charge on any atom is 0.228 e. The molecule has 5 nitrogen and oxygen atoms in total. The second-order valence-electron chi connectivity index (χ2n) is 6.27. The molecule has 2 aromatic heterocycles. The third kappa shape index (κ3) is 4.35. The molecule has 2 heterocycles. The number of nitrogens with zero attached hydrogens (tertiary/aromatic N) is 3. The lowest BCUT2D eigenvalue weighted by atomic mass is 10.1. The summed E-state index contributed by atoms with van der Waals surface area (Å²) in [5.74, 6) is 0.474. The lowest BCUT2D eigenvalue weighted by molar-refractivity contribution is -0.129. The maximum absolute atomic E-state index is 13.0. The average Bonchev–Trinajstić information content (AvgIpc) is 3.18. The minimum Gasteiger partial charge on any atom is -0.361 e. The summed E-state index contributed by atoms with van der Waals surface area (Å²) in [6, 6.07) is 6.38. The van der Waals surface area contributed by atoms with E-state index in [4.69, 9.17) is 4.52 Å². The SMILES string of the molecule is Cc1noc(C)c1CN(C)C(=O)Cc1csc(Cc2ccc(F)cc2)n1. The van der Waals surface area contributed by atoms with Gasteiger partial charge >= 0.3 is 0 Å². The minimum absolute atomic E-state index is 0.0105. The second kappa shape index (κ2) is 7.78. The van der Waals surface area contributed by atoms with E-state index < -0.39 is 0 Å². The molecule has 0 spiro atoms. The molecule has 3 aromatic rings. The highest BCUT2D eigenvalue weighted by Crippen LogP contribution is 2.18. The molecule has 0 bridgehead atoms. The van der Waals surface area contributed by atoms with Gasteiger partial charge in [0.15, 0.2) is 0 Å². The zero-order valence-electron chi connectivity index (χ0n) is 15.0. The molecule has 0 radical (unpaired) electrons. The van der Waals surface area contributed by atoms with Gasteiger partial charge in [-0.05, 0) is 31.5 Å². The van der Waals surface area contributed by atoms with Crippen molar-refractivity contribution in [2.75, 3.05) is 7.05 Å². The number of benzene rings is 1. The van der Waals surface area contributed by atoms with Gasteiger partial charge in [-0.3, -0.25) is 4.79 Å². The number of amides is 1. The number of rotatable bonds is 6. The summed E-state index contributed by atoms with van der Waals surface area (Å²) in [4.78, 5) is 18.7. The van der Waals surface area contributed by atoms with E-state index in [-0.39, 0.29) is 18.1 Å². The van der Waals surface area contributed by atoms with Crippen LogP contribution in [0.3, 0.4) is 0 Å². The van der Waals surface area contributed by atoms with E-state index >= 15 is 0 Å². The van der Waals surface area contributed by atoms with Gasteiger partial charge < -0.3 is 9.42 Å². The number of aromatic nitrogens is 2. The molecule has 3 rings (SSSR count). The number of thiazole rings is 1. The molecule has 0 atom stereocenters. The Hall–Kier alpha value is -2.54. The highest BCUT2D eigenvalue weighted by Gasteiger charge is 2.17. The molecule has 1 aromatic carbocycles. The lowest BCUT2D eigenvalue weighted by Gasteiger charge is -2.16. The van der Waals surface area contributed by atoms with E-state index in [1.54, 1.807) is 24.1 Å². The number of hydrogen-bond acceptors (Lipinski definition) is 5. The predicted octanol–water partition coefficient (Wildman–Crippen LogP) is 3.68. The number of likely N-dealkylation sites (N-methyl/N-ethyl adjacent to an activating group) is 1. The molecule has 0 saturated heterocycles. The highest BCUT2D eigenvalue weighted by molar-refractivity contribution is 7.09. The summed E-state index contributed by atoms with van der Waals surface area (Å²) < 4.78 is 18.1. The molecule has 26 heavy (non-hydrogen) atoms. The molecule has 0 aliphatic carbocycles. The van der Waals surface area contributed by atoms with E-state index in [1.807, 2.05) is 19.2 Å². The van der Waals surface area contributed by atoms with Crippen LogP contribution in [0, 0.1) is 19.7 Å². The monoisotopic (exact) mass is 373 g/mol. The highest BCUT2D eigenvalue weighted by atomic mass is 32.1. The van der Waals surface area contributed by atoms with Crippen molar-refractivity contribution >= 4 is 17.2 Å². The number of hydrogen-bond donors (Lipinski definition) is 0. The number of carbonyl (C=O) groups is 1. The van der Waals surface area contributed by atoms with E-state index in [0.29, 0.717) is 13.0 Å². The third-order valence-electron chi connectivity index (χ3n) is 4.20. The van der Waals surface area contributed by atoms with Crippen LogP contribution in [0.25, 0.3) is 0 Å². The summed E-state index contributed by atoms with van der Waals surface area (Å²) in [5, 5.41) is 6.73. The topological polar surface area (TPSA) is 59.2 Å². The van der Waals surface area contributed by atoms with Crippen molar-refractivity contribution in [2.24, 2.45) is 0 Å². The largest absolute Gasteiger partial charge is 0.361 e. The average molecular weight is 373 g/mol. The van der Waals surface area contributed by atoms with Crippen LogP contribution in [-0.4, -0.2) is 28.0 Å². The molecule has 0 saturated carbocycles. The van der Waals surface area contributed by atoms with Crippen LogP contribution in [0.5, 0.6) is 0 Å². The van der Waals surface area contributed by atoms with Crippen molar-refractivity contribution in [1.82, 2.24) is 15.0 Å². The van der Waals surface area contributed by atoms with Crippen molar-refractivity contribution in [3.63, 3.8) is 0 Å². The Balaban J connectivity index is 1.59. The smallest absolute Gasteiger partial charge is 0.228 e. The molecule has 7 heteroatoms. The molecular formula is C19H20FN3O2S. The fraction of sp³-hybridized carbons (Fsp3) is 0.316. The van der Waals surface area contributed by atoms with Gasteiger partial charge in [0.1, 0.15) is 11.6 Å². The van der Waals surface area contributed by atoms with Crippen LogP contribution in [0.2, 0.25) is 0 Å². The number of aryl methyl sites for hydroxylation is 2. The molecular weight excluding hydrogens is 353 g/mol. The summed E-state index contributed by atoms with van der Waals surface area (Å²) in [6.45, 7) is 4.18.